The van der Waals surface area contributed by atoms with Gasteiger partial charge in [0.2, 0.25) is 10.0 Å². The Hall–Kier alpha value is -1.14. The van der Waals surface area contributed by atoms with Gasteiger partial charge in [0.05, 0.1) is 10.6 Å². The molecule has 0 aromatic heterocycles. The highest BCUT2D eigenvalue weighted by Crippen LogP contribution is 2.26. The molecule has 1 saturated carbocycles. The Balaban J connectivity index is 2.20. The molecule has 1 aromatic carbocycles. The molecule has 4 nitrogen and oxygen atoms in total. The average molecular weight is 272 g/mol. The second kappa shape index (κ2) is 4.85. The maximum Gasteiger partial charge on any atom is 0.240 e. The molecule has 1 fully saturated rings. The minimum Gasteiger partial charge on any atom is -0.396 e. The molecule has 0 unspecified atom stereocenters. The minimum absolute atomic E-state index is 0.0562. The minimum atomic E-state index is -3.60. The van der Waals surface area contributed by atoms with Crippen LogP contribution < -0.4 is 10.5 Å². The molecule has 100 valence electrons. The fourth-order valence-corrected chi connectivity index (χ4v) is 3.34. The first-order valence-corrected chi connectivity index (χ1v) is 7.44. The van der Waals surface area contributed by atoms with Crippen LogP contribution in [-0.2, 0) is 10.0 Å². The Morgan fingerprint density at radius 2 is 2.11 bits per heavy atom. The van der Waals surface area contributed by atoms with E-state index in [4.69, 9.17) is 5.73 Å². The van der Waals surface area contributed by atoms with E-state index < -0.39 is 15.8 Å². The Bertz CT molecular complexity index is 553. The van der Waals surface area contributed by atoms with Crippen molar-refractivity contribution in [2.75, 3.05) is 12.3 Å². The van der Waals surface area contributed by atoms with Crippen LogP contribution in [0.1, 0.15) is 24.8 Å². The van der Waals surface area contributed by atoms with Gasteiger partial charge in [0.1, 0.15) is 5.82 Å². The smallest absolute Gasteiger partial charge is 0.240 e. The van der Waals surface area contributed by atoms with Crippen LogP contribution in [0.5, 0.6) is 0 Å². The van der Waals surface area contributed by atoms with Gasteiger partial charge < -0.3 is 5.73 Å². The summed E-state index contributed by atoms with van der Waals surface area (Å²) in [7, 11) is -3.60. The highest BCUT2D eigenvalue weighted by atomic mass is 32.2. The molecule has 1 aliphatic rings. The molecule has 0 radical (unpaired) electrons. The lowest BCUT2D eigenvalue weighted by Gasteiger charge is -2.25. The summed E-state index contributed by atoms with van der Waals surface area (Å²) in [5.41, 5.74) is 5.63. The summed E-state index contributed by atoms with van der Waals surface area (Å²) in [6.45, 7) is 2.00. The summed E-state index contributed by atoms with van der Waals surface area (Å²) < 4.78 is 39.9. The van der Waals surface area contributed by atoms with E-state index >= 15 is 0 Å². The monoisotopic (exact) mass is 272 g/mol. The van der Waals surface area contributed by atoms with E-state index in [2.05, 4.69) is 4.72 Å². The largest absolute Gasteiger partial charge is 0.396 e. The molecule has 0 atom stereocenters. The number of nitrogen functional groups attached to an aromatic ring is 1. The molecular formula is C12H17FN2O2S. The molecule has 0 amide bonds. The van der Waals surface area contributed by atoms with Crippen molar-refractivity contribution in [2.45, 2.75) is 31.1 Å². The number of hydrogen-bond acceptors (Lipinski definition) is 3. The van der Waals surface area contributed by atoms with Crippen molar-refractivity contribution in [2.24, 2.45) is 5.92 Å². The van der Waals surface area contributed by atoms with Crippen LogP contribution in [0.15, 0.2) is 17.0 Å². The number of nitrogens with two attached hydrogens (primary N) is 1. The van der Waals surface area contributed by atoms with Crippen LogP contribution in [0.25, 0.3) is 0 Å². The lowest BCUT2D eigenvalue weighted by molar-refractivity contribution is 0.316. The molecule has 0 bridgehead atoms. The van der Waals surface area contributed by atoms with Crippen LogP contribution in [0.2, 0.25) is 0 Å². The van der Waals surface area contributed by atoms with E-state index in [1.54, 1.807) is 6.92 Å². The summed E-state index contributed by atoms with van der Waals surface area (Å²) >= 11 is 0. The number of anilines is 1. The van der Waals surface area contributed by atoms with Crippen molar-refractivity contribution in [3.8, 4) is 0 Å². The number of hydrogen-bond donors (Lipinski definition) is 2. The third kappa shape index (κ3) is 2.64. The van der Waals surface area contributed by atoms with Crippen molar-refractivity contribution in [1.82, 2.24) is 4.72 Å². The lowest BCUT2D eigenvalue weighted by Crippen LogP contribution is -2.32. The van der Waals surface area contributed by atoms with Gasteiger partial charge in [-0.3, -0.25) is 0 Å². The van der Waals surface area contributed by atoms with E-state index in [1.165, 1.54) is 6.07 Å². The number of aryl methyl sites for hydroxylation is 1. The maximum atomic E-state index is 13.2. The van der Waals surface area contributed by atoms with Crippen LogP contribution >= 0.6 is 0 Å². The molecular weight excluding hydrogens is 255 g/mol. The number of sulfonamides is 1. The van der Waals surface area contributed by atoms with E-state index in [1.807, 2.05) is 0 Å². The third-order valence-corrected chi connectivity index (χ3v) is 4.94. The van der Waals surface area contributed by atoms with Crippen molar-refractivity contribution >= 4 is 15.7 Å². The van der Waals surface area contributed by atoms with E-state index in [0.717, 1.165) is 25.3 Å². The molecule has 0 saturated heterocycles. The first-order chi connectivity index (χ1) is 8.40. The Morgan fingerprint density at radius 1 is 1.44 bits per heavy atom. The van der Waals surface area contributed by atoms with Crippen LogP contribution in [0.3, 0.4) is 0 Å². The van der Waals surface area contributed by atoms with Gasteiger partial charge in [0.25, 0.3) is 0 Å². The number of halogens is 1. The molecule has 3 N–H and O–H groups in total. The molecule has 6 heteroatoms. The van der Waals surface area contributed by atoms with Crippen LogP contribution in [0.4, 0.5) is 10.1 Å². The molecule has 0 heterocycles. The van der Waals surface area contributed by atoms with E-state index in [9.17, 15) is 12.8 Å². The van der Waals surface area contributed by atoms with E-state index in [0.29, 0.717) is 18.0 Å². The van der Waals surface area contributed by atoms with Gasteiger partial charge in [-0.15, -0.1) is 0 Å². The fourth-order valence-electron chi connectivity index (χ4n) is 1.96. The summed E-state index contributed by atoms with van der Waals surface area (Å²) in [6.07, 6.45) is 3.29. The van der Waals surface area contributed by atoms with Gasteiger partial charge >= 0.3 is 0 Å². The van der Waals surface area contributed by atoms with Crippen molar-refractivity contribution in [3.05, 3.63) is 23.5 Å². The zero-order valence-corrected chi connectivity index (χ0v) is 11.1. The van der Waals surface area contributed by atoms with E-state index in [-0.39, 0.29) is 10.6 Å². The Morgan fingerprint density at radius 3 is 2.67 bits per heavy atom. The molecule has 0 aliphatic heterocycles. The van der Waals surface area contributed by atoms with Crippen molar-refractivity contribution < 1.29 is 12.8 Å². The molecule has 18 heavy (non-hydrogen) atoms. The molecule has 0 spiro atoms. The van der Waals surface area contributed by atoms with Crippen molar-refractivity contribution in [1.29, 1.82) is 0 Å². The Labute approximate surface area is 106 Å². The SMILES string of the molecule is Cc1cc(F)c(N)cc1S(=O)(=O)NCC1CCC1. The first kappa shape index (κ1) is 13.3. The number of rotatable bonds is 4. The number of benzene rings is 1. The summed E-state index contributed by atoms with van der Waals surface area (Å²) in [5, 5.41) is 0. The maximum absolute atomic E-state index is 13.2. The van der Waals surface area contributed by atoms with Gasteiger partial charge in [-0.25, -0.2) is 17.5 Å². The van der Waals surface area contributed by atoms with Gasteiger partial charge in [0, 0.05) is 6.54 Å². The summed E-state index contributed by atoms with van der Waals surface area (Å²) in [4.78, 5) is 0.0562. The highest BCUT2D eigenvalue weighted by molar-refractivity contribution is 7.89. The molecule has 1 aliphatic carbocycles. The second-order valence-electron chi connectivity index (χ2n) is 4.79. The predicted molar refractivity (Wildman–Crippen MR) is 68.1 cm³/mol. The van der Waals surface area contributed by atoms with Crippen molar-refractivity contribution in [3.63, 3.8) is 0 Å². The average Bonchev–Trinajstić information content (AvgIpc) is 2.20. The summed E-state index contributed by atoms with van der Waals surface area (Å²) in [5.74, 6) is -0.164. The fraction of sp³-hybridized carbons (Fsp3) is 0.500. The summed E-state index contributed by atoms with van der Waals surface area (Å²) in [6, 6.07) is 2.32. The topological polar surface area (TPSA) is 72.2 Å². The number of nitrogens with one attached hydrogen (secondary N) is 1. The zero-order valence-electron chi connectivity index (χ0n) is 10.2. The first-order valence-electron chi connectivity index (χ1n) is 5.95. The van der Waals surface area contributed by atoms with Gasteiger partial charge in [0.15, 0.2) is 0 Å². The van der Waals surface area contributed by atoms with Gasteiger partial charge in [-0.1, -0.05) is 6.42 Å². The lowest BCUT2D eigenvalue weighted by atomic mass is 9.86. The quantitative estimate of drug-likeness (QED) is 0.821. The highest BCUT2D eigenvalue weighted by Gasteiger charge is 2.23. The second-order valence-corrected chi connectivity index (χ2v) is 6.52. The normalized spacial score (nSPS) is 16.6. The molecule has 2 rings (SSSR count). The Kier molecular flexibility index (Phi) is 3.59. The zero-order chi connectivity index (χ0) is 13.3. The van der Waals surface area contributed by atoms with Crippen LogP contribution in [0, 0.1) is 18.7 Å². The molecule has 1 aromatic rings. The predicted octanol–water partition coefficient (Wildman–Crippen LogP) is 1.79. The van der Waals surface area contributed by atoms with Gasteiger partial charge in [-0.05, 0) is 43.4 Å². The van der Waals surface area contributed by atoms with Gasteiger partial charge in [-0.2, -0.15) is 0 Å². The standard InChI is InChI=1S/C12H17FN2O2S/c1-8-5-10(13)11(14)6-12(8)18(16,17)15-7-9-3-2-4-9/h5-6,9,15H,2-4,7,14H2,1H3. The third-order valence-electron chi connectivity index (χ3n) is 3.37. The van der Waals surface area contributed by atoms with Crippen LogP contribution in [-0.4, -0.2) is 15.0 Å².